The zero-order valence-electron chi connectivity index (χ0n) is 13.6. The first-order valence-corrected chi connectivity index (χ1v) is 8.70. The highest BCUT2D eigenvalue weighted by molar-refractivity contribution is 7.15. The predicted octanol–water partition coefficient (Wildman–Crippen LogP) is 3.93. The Bertz CT molecular complexity index is 429. The lowest BCUT2D eigenvalue weighted by Gasteiger charge is -2.21. The summed E-state index contributed by atoms with van der Waals surface area (Å²) in [5.41, 5.74) is 1.40. The van der Waals surface area contributed by atoms with Crippen molar-refractivity contribution in [3.05, 3.63) is 10.6 Å². The first kappa shape index (κ1) is 15.8. The number of hydrogen-bond donors (Lipinski definition) is 1. The van der Waals surface area contributed by atoms with E-state index in [1.165, 1.54) is 41.4 Å². The summed E-state index contributed by atoms with van der Waals surface area (Å²) in [4.78, 5) is 8.98. The molecule has 1 N–H and O–H groups in total. The number of nitrogens with zero attached hydrogens (tertiary/aromatic N) is 2. The number of thiazole rings is 1. The predicted molar refractivity (Wildman–Crippen MR) is 88.9 cm³/mol. The lowest BCUT2D eigenvalue weighted by Crippen LogP contribution is -2.27. The molecular weight excluding hydrogens is 266 g/mol. The Morgan fingerprint density at radius 3 is 2.55 bits per heavy atom. The van der Waals surface area contributed by atoms with Crippen LogP contribution in [0.4, 0.5) is 5.13 Å². The van der Waals surface area contributed by atoms with E-state index >= 15 is 0 Å². The summed E-state index contributed by atoms with van der Waals surface area (Å²) in [6.07, 6.45) is 5.21. The van der Waals surface area contributed by atoms with E-state index in [1.807, 2.05) is 18.4 Å². The second kappa shape index (κ2) is 6.44. The molecule has 1 heterocycles. The third-order valence-electron chi connectivity index (χ3n) is 3.72. The molecule has 0 aliphatic heterocycles. The molecule has 20 heavy (non-hydrogen) atoms. The molecule has 1 saturated carbocycles. The molecule has 114 valence electrons. The normalized spacial score (nSPS) is 15.7. The zero-order valence-corrected chi connectivity index (χ0v) is 14.4. The third kappa shape index (κ3) is 3.73. The molecule has 1 aliphatic carbocycles. The number of aromatic nitrogens is 1. The van der Waals surface area contributed by atoms with Gasteiger partial charge in [-0.1, -0.05) is 34.1 Å². The number of hydrogen-bond acceptors (Lipinski definition) is 4. The summed E-state index contributed by atoms with van der Waals surface area (Å²) in [7, 11) is 2.02. The van der Waals surface area contributed by atoms with Gasteiger partial charge in [-0.25, -0.2) is 4.98 Å². The van der Waals surface area contributed by atoms with Crippen molar-refractivity contribution in [2.24, 2.45) is 0 Å². The molecule has 0 atom stereocenters. The van der Waals surface area contributed by atoms with Crippen molar-refractivity contribution in [3.63, 3.8) is 0 Å². The van der Waals surface area contributed by atoms with Crippen LogP contribution in [0, 0.1) is 0 Å². The van der Waals surface area contributed by atoms with Gasteiger partial charge in [0.15, 0.2) is 5.13 Å². The molecule has 2 rings (SSSR count). The fourth-order valence-corrected chi connectivity index (χ4v) is 3.86. The van der Waals surface area contributed by atoms with Crippen molar-refractivity contribution in [3.8, 4) is 0 Å². The highest BCUT2D eigenvalue weighted by Gasteiger charge is 2.32. The Hall–Kier alpha value is -0.610. The molecule has 1 fully saturated rings. The Morgan fingerprint density at radius 2 is 2.05 bits per heavy atom. The van der Waals surface area contributed by atoms with Crippen LogP contribution in [0.1, 0.15) is 63.9 Å². The standard InChI is InChI=1S/C16H29N3S/c1-6-7-10-19(12-8-9-12)15-18-14(16(2,3)4)13(20-15)11-17-5/h12,17H,6-11H2,1-5H3. The molecule has 1 aromatic heterocycles. The van der Waals surface area contributed by atoms with E-state index in [4.69, 9.17) is 4.98 Å². The molecule has 0 amide bonds. The second-order valence-corrected chi connectivity index (χ2v) is 7.89. The molecule has 4 heteroatoms. The van der Waals surface area contributed by atoms with Crippen molar-refractivity contribution < 1.29 is 0 Å². The van der Waals surface area contributed by atoms with E-state index in [1.54, 1.807) is 0 Å². The van der Waals surface area contributed by atoms with Gasteiger partial charge in [-0.2, -0.15) is 0 Å². The summed E-state index contributed by atoms with van der Waals surface area (Å²) >= 11 is 1.89. The zero-order chi connectivity index (χ0) is 14.8. The number of unbranched alkanes of at least 4 members (excludes halogenated alkanes) is 1. The average molecular weight is 295 g/mol. The summed E-state index contributed by atoms with van der Waals surface area (Å²) < 4.78 is 0. The molecule has 0 radical (unpaired) electrons. The molecule has 0 aromatic carbocycles. The molecule has 3 nitrogen and oxygen atoms in total. The van der Waals surface area contributed by atoms with Crippen LogP contribution in [0.15, 0.2) is 0 Å². The van der Waals surface area contributed by atoms with Crippen molar-refractivity contribution in [2.75, 3.05) is 18.5 Å². The van der Waals surface area contributed by atoms with Crippen molar-refractivity contribution in [1.29, 1.82) is 0 Å². The lowest BCUT2D eigenvalue weighted by atomic mass is 9.91. The molecule has 0 bridgehead atoms. The van der Waals surface area contributed by atoms with Gasteiger partial charge in [0, 0.05) is 29.4 Å². The molecular formula is C16H29N3S. The third-order valence-corrected chi connectivity index (χ3v) is 4.81. The lowest BCUT2D eigenvalue weighted by molar-refractivity contribution is 0.562. The first-order chi connectivity index (χ1) is 9.47. The van der Waals surface area contributed by atoms with Crippen molar-refractivity contribution in [2.45, 2.75) is 71.4 Å². The van der Waals surface area contributed by atoms with Crippen LogP contribution < -0.4 is 10.2 Å². The van der Waals surface area contributed by atoms with E-state index < -0.39 is 0 Å². The van der Waals surface area contributed by atoms with Gasteiger partial charge >= 0.3 is 0 Å². The van der Waals surface area contributed by atoms with Gasteiger partial charge in [0.05, 0.1) is 5.69 Å². The Kier molecular flexibility index (Phi) is 5.08. The van der Waals surface area contributed by atoms with Gasteiger partial charge in [0.1, 0.15) is 0 Å². The van der Waals surface area contributed by atoms with Gasteiger partial charge < -0.3 is 10.2 Å². The van der Waals surface area contributed by atoms with Crippen LogP contribution in [0.5, 0.6) is 0 Å². The quantitative estimate of drug-likeness (QED) is 0.826. The van der Waals surface area contributed by atoms with E-state index in [0.29, 0.717) is 0 Å². The minimum atomic E-state index is 0.126. The minimum Gasteiger partial charge on any atom is -0.345 e. The summed E-state index contributed by atoms with van der Waals surface area (Å²) in [6.45, 7) is 11.1. The highest BCUT2D eigenvalue weighted by Crippen LogP contribution is 2.38. The van der Waals surface area contributed by atoms with Crippen LogP contribution in [-0.2, 0) is 12.0 Å². The van der Waals surface area contributed by atoms with E-state index in [9.17, 15) is 0 Å². The average Bonchev–Trinajstić information content (AvgIpc) is 3.10. The monoisotopic (exact) mass is 295 g/mol. The summed E-state index contributed by atoms with van der Waals surface area (Å²) in [5, 5.41) is 4.54. The van der Waals surface area contributed by atoms with E-state index in [0.717, 1.165) is 19.1 Å². The molecule has 1 aliphatic rings. The second-order valence-electron chi connectivity index (χ2n) is 6.83. The number of nitrogens with one attached hydrogen (secondary N) is 1. The molecule has 1 aromatic rings. The molecule has 0 saturated heterocycles. The Morgan fingerprint density at radius 1 is 1.35 bits per heavy atom. The van der Waals surface area contributed by atoms with Crippen LogP contribution in [0.3, 0.4) is 0 Å². The summed E-state index contributed by atoms with van der Waals surface area (Å²) in [5.74, 6) is 0. The van der Waals surface area contributed by atoms with Crippen LogP contribution in [0.2, 0.25) is 0 Å². The topological polar surface area (TPSA) is 28.2 Å². The Labute approximate surface area is 127 Å². The van der Waals surface area contributed by atoms with E-state index in [-0.39, 0.29) is 5.41 Å². The number of rotatable bonds is 7. The van der Waals surface area contributed by atoms with Gasteiger partial charge in [-0.15, -0.1) is 11.3 Å². The SMILES string of the molecule is CCCCN(c1nc(C(C)(C)C)c(CNC)s1)C1CC1. The van der Waals surface area contributed by atoms with Crippen LogP contribution in [-0.4, -0.2) is 24.6 Å². The highest BCUT2D eigenvalue weighted by atomic mass is 32.1. The number of anilines is 1. The van der Waals surface area contributed by atoms with Crippen LogP contribution in [0.25, 0.3) is 0 Å². The maximum absolute atomic E-state index is 5.02. The molecule has 0 unspecified atom stereocenters. The van der Waals surface area contributed by atoms with Gasteiger partial charge in [-0.3, -0.25) is 0 Å². The first-order valence-electron chi connectivity index (χ1n) is 7.88. The summed E-state index contributed by atoms with van der Waals surface area (Å²) in [6, 6.07) is 0.753. The van der Waals surface area contributed by atoms with E-state index in [2.05, 4.69) is 37.9 Å². The Balaban J connectivity index is 2.25. The van der Waals surface area contributed by atoms with Gasteiger partial charge in [0.25, 0.3) is 0 Å². The van der Waals surface area contributed by atoms with Crippen LogP contribution >= 0.6 is 11.3 Å². The van der Waals surface area contributed by atoms with Gasteiger partial charge in [-0.05, 0) is 26.3 Å². The van der Waals surface area contributed by atoms with Crippen molar-refractivity contribution in [1.82, 2.24) is 10.3 Å². The maximum atomic E-state index is 5.02. The van der Waals surface area contributed by atoms with Crippen molar-refractivity contribution >= 4 is 16.5 Å². The fraction of sp³-hybridized carbons (Fsp3) is 0.812. The van der Waals surface area contributed by atoms with Gasteiger partial charge in [0.2, 0.25) is 0 Å². The molecule has 0 spiro atoms. The minimum absolute atomic E-state index is 0.126. The fourth-order valence-electron chi connectivity index (χ4n) is 2.48. The smallest absolute Gasteiger partial charge is 0.186 e. The maximum Gasteiger partial charge on any atom is 0.186 e. The largest absolute Gasteiger partial charge is 0.345 e.